The molecule has 0 unspecified atom stereocenters. The van der Waals surface area contributed by atoms with Gasteiger partial charge in [-0.25, -0.2) is 19.3 Å². The lowest BCUT2D eigenvalue weighted by Gasteiger charge is -2.36. The van der Waals surface area contributed by atoms with Gasteiger partial charge >= 0.3 is 6.09 Å². The van der Waals surface area contributed by atoms with Gasteiger partial charge in [-0.1, -0.05) is 51.1 Å². The van der Waals surface area contributed by atoms with Crippen LogP contribution in [0.2, 0.25) is 0 Å². The second-order valence-electron chi connectivity index (χ2n) is 11.9. The lowest BCUT2D eigenvalue weighted by Crippen LogP contribution is -2.47. The summed E-state index contributed by atoms with van der Waals surface area (Å²) >= 11 is 0. The minimum Gasteiger partial charge on any atom is -0.490 e. The van der Waals surface area contributed by atoms with E-state index < -0.39 is 6.09 Å². The van der Waals surface area contributed by atoms with Crippen LogP contribution in [0, 0.1) is 0 Å². The van der Waals surface area contributed by atoms with Crippen LogP contribution >= 0.6 is 0 Å². The number of H-pyrrole nitrogens is 1. The first kappa shape index (κ1) is 28.5. The summed E-state index contributed by atoms with van der Waals surface area (Å²) < 4.78 is 12.5. The average Bonchev–Trinajstić information content (AvgIpc) is 3.58. The van der Waals surface area contributed by atoms with E-state index in [1.807, 2.05) is 12.1 Å². The Morgan fingerprint density at radius 2 is 1.74 bits per heavy atom. The molecule has 1 fully saturated rings. The zero-order valence-electron chi connectivity index (χ0n) is 25.3. The first-order valence-electron chi connectivity index (χ1n) is 14.9. The molecule has 0 aliphatic carbocycles. The topological polar surface area (TPSA) is 115 Å². The highest BCUT2D eigenvalue weighted by Gasteiger charge is 2.22. The molecule has 10 nitrogen and oxygen atoms in total. The van der Waals surface area contributed by atoms with Crippen molar-refractivity contribution in [3.05, 3.63) is 66.2 Å². The van der Waals surface area contributed by atoms with Crippen molar-refractivity contribution >= 4 is 39.8 Å². The van der Waals surface area contributed by atoms with E-state index in [1.165, 1.54) is 10.1 Å². The lowest BCUT2D eigenvalue weighted by molar-refractivity contribution is 0.155. The fourth-order valence-corrected chi connectivity index (χ4v) is 5.63. The minimum atomic E-state index is -0.547. The van der Waals surface area contributed by atoms with Gasteiger partial charge in [0.15, 0.2) is 0 Å². The molecule has 224 valence electrons. The van der Waals surface area contributed by atoms with Gasteiger partial charge < -0.3 is 25.1 Å². The number of aromatic amines is 1. The number of piperazine rings is 1. The smallest absolute Gasteiger partial charge is 0.421 e. The van der Waals surface area contributed by atoms with Gasteiger partial charge in [0.2, 0.25) is 5.95 Å². The third-order valence-corrected chi connectivity index (χ3v) is 8.00. The van der Waals surface area contributed by atoms with Crippen LogP contribution in [-0.4, -0.2) is 76.4 Å². The monoisotopic (exact) mass is 581 g/mol. The number of nitrogen functional groups attached to an aromatic ring is 1. The van der Waals surface area contributed by atoms with Crippen molar-refractivity contribution in [2.45, 2.75) is 33.1 Å². The summed E-state index contributed by atoms with van der Waals surface area (Å²) in [4.78, 5) is 30.1. The van der Waals surface area contributed by atoms with Gasteiger partial charge in [-0.3, -0.25) is 4.90 Å². The number of para-hydroxylation sites is 2. The van der Waals surface area contributed by atoms with Crippen LogP contribution in [-0.2, 0) is 10.2 Å². The quantitative estimate of drug-likeness (QED) is 0.253. The summed E-state index contributed by atoms with van der Waals surface area (Å²) in [6.45, 7) is 13.6. The number of anilines is 2. The van der Waals surface area contributed by atoms with Crippen molar-refractivity contribution in [1.82, 2.24) is 24.4 Å². The van der Waals surface area contributed by atoms with Crippen LogP contribution in [0.1, 0.15) is 33.3 Å². The molecule has 2 aromatic heterocycles. The van der Waals surface area contributed by atoms with Gasteiger partial charge in [-0.15, -0.1) is 0 Å². The van der Waals surface area contributed by atoms with E-state index >= 15 is 0 Å². The van der Waals surface area contributed by atoms with E-state index in [9.17, 15) is 4.79 Å². The Balaban J connectivity index is 1.09. The van der Waals surface area contributed by atoms with Crippen molar-refractivity contribution in [2.75, 3.05) is 56.6 Å². The van der Waals surface area contributed by atoms with E-state index in [2.05, 4.69) is 83.0 Å². The second-order valence-corrected chi connectivity index (χ2v) is 11.9. The number of nitrogens with one attached hydrogen (secondary N) is 1. The normalized spacial score (nSPS) is 14.5. The molecular weight excluding hydrogens is 542 g/mol. The summed E-state index contributed by atoms with van der Waals surface area (Å²) in [6, 6.07) is 20.5. The average molecular weight is 582 g/mol. The zero-order chi connectivity index (χ0) is 30.1. The molecule has 0 bridgehead atoms. The summed E-state index contributed by atoms with van der Waals surface area (Å²) in [6.07, 6.45) is -0.547. The Hall–Kier alpha value is -4.57. The van der Waals surface area contributed by atoms with Crippen molar-refractivity contribution in [2.24, 2.45) is 0 Å². The van der Waals surface area contributed by atoms with Crippen LogP contribution in [0.15, 0.2) is 60.7 Å². The molecule has 0 radical (unpaired) electrons. The van der Waals surface area contributed by atoms with Crippen molar-refractivity contribution in [1.29, 1.82) is 0 Å². The number of aromatic nitrogens is 4. The van der Waals surface area contributed by atoms with Gasteiger partial charge in [0.25, 0.3) is 0 Å². The summed E-state index contributed by atoms with van der Waals surface area (Å²) in [5.74, 6) is 1.58. The Morgan fingerprint density at radius 1 is 0.977 bits per heavy atom. The second kappa shape index (κ2) is 11.6. The predicted octanol–water partition coefficient (Wildman–Crippen LogP) is 5.66. The van der Waals surface area contributed by atoms with Gasteiger partial charge in [-0.05, 0) is 48.2 Å². The number of carbonyl (C=O) groups excluding carboxylic acids is 1. The fraction of sp³-hybridized carbons (Fsp3) is 0.364. The highest BCUT2D eigenvalue weighted by atomic mass is 16.5. The van der Waals surface area contributed by atoms with Crippen LogP contribution in [0.4, 0.5) is 16.4 Å². The molecule has 10 heteroatoms. The molecular formula is C33H39N7O3. The predicted molar refractivity (Wildman–Crippen MR) is 171 cm³/mol. The highest BCUT2D eigenvalue weighted by molar-refractivity contribution is 5.93. The number of rotatable bonds is 7. The molecule has 5 aromatic rings. The van der Waals surface area contributed by atoms with E-state index in [0.29, 0.717) is 23.4 Å². The Bertz CT molecular complexity index is 1760. The van der Waals surface area contributed by atoms with E-state index in [1.54, 1.807) is 13.0 Å². The maximum Gasteiger partial charge on any atom is 0.421 e. The lowest BCUT2D eigenvalue weighted by atomic mass is 9.86. The molecule has 0 amide bonds. The SMILES string of the molecule is CCOC(=O)n1c(N)nc2c(OCCN3CCN(c4cccc5[nH]c(-c6cccc(C(C)(C)C)c6)nc45)CC3)cccc21. The molecule has 0 saturated carbocycles. The number of nitrogens with zero attached hydrogens (tertiary/aromatic N) is 5. The highest BCUT2D eigenvalue weighted by Crippen LogP contribution is 2.32. The summed E-state index contributed by atoms with van der Waals surface area (Å²) in [5, 5.41) is 0. The zero-order valence-corrected chi connectivity index (χ0v) is 25.3. The first-order valence-corrected chi connectivity index (χ1v) is 14.9. The van der Waals surface area contributed by atoms with Crippen LogP contribution in [0.5, 0.6) is 5.75 Å². The minimum absolute atomic E-state index is 0.0757. The van der Waals surface area contributed by atoms with Crippen LogP contribution < -0.4 is 15.4 Å². The number of imidazole rings is 2. The summed E-state index contributed by atoms with van der Waals surface area (Å²) in [5.41, 5.74) is 12.8. The molecule has 6 rings (SSSR count). The standard InChI is InChI=1S/C33H39N7O3/c1-5-42-32(41)40-26-13-8-14-27(29(26)37-31(40)34)43-20-19-38-15-17-39(18-16-38)25-12-7-11-24-28(25)36-30(35-24)22-9-6-10-23(21-22)33(2,3)4/h6-14,21H,5,15-20H2,1-4H3,(H2,34,37)(H,35,36). The molecule has 3 heterocycles. The Labute approximate surface area is 251 Å². The third kappa shape index (κ3) is 5.75. The van der Waals surface area contributed by atoms with Crippen molar-refractivity contribution < 1.29 is 14.3 Å². The number of nitrogens with two attached hydrogens (primary N) is 1. The first-order chi connectivity index (χ1) is 20.7. The number of benzene rings is 3. The van der Waals surface area contributed by atoms with Crippen LogP contribution in [0.3, 0.4) is 0 Å². The van der Waals surface area contributed by atoms with Gasteiger partial charge in [-0.2, -0.15) is 0 Å². The molecule has 0 spiro atoms. The number of hydrogen-bond donors (Lipinski definition) is 2. The molecule has 0 atom stereocenters. The van der Waals surface area contributed by atoms with Gasteiger partial charge in [0, 0.05) is 38.3 Å². The maximum absolute atomic E-state index is 12.3. The molecule has 1 saturated heterocycles. The molecule has 3 aromatic carbocycles. The maximum atomic E-state index is 12.3. The van der Waals surface area contributed by atoms with Gasteiger partial charge in [0.05, 0.1) is 23.3 Å². The molecule has 43 heavy (non-hydrogen) atoms. The third-order valence-electron chi connectivity index (χ3n) is 8.00. The van der Waals surface area contributed by atoms with Crippen molar-refractivity contribution in [3.8, 4) is 17.1 Å². The Kier molecular flexibility index (Phi) is 7.70. The van der Waals surface area contributed by atoms with Crippen LogP contribution in [0.25, 0.3) is 33.5 Å². The number of hydrogen-bond acceptors (Lipinski definition) is 8. The largest absolute Gasteiger partial charge is 0.490 e. The molecule has 3 N–H and O–H groups in total. The van der Waals surface area contributed by atoms with E-state index in [4.69, 9.17) is 20.2 Å². The number of carbonyl (C=O) groups is 1. The Morgan fingerprint density at radius 3 is 2.51 bits per heavy atom. The fourth-order valence-electron chi connectivity index (χ4n) is 5.63. The molecule has 1 aliphatic rings. The number of fused-ring (bicyclic) bond motifs is 2. The van der Waals surface area contributed by atoms with E-state index in [0.717, 1.165) is 60.8 Å². The summed E-state index contributed by atoms with van der Waals surface area (Å²) in [7, 11) is 0. The number of ether oxygens (including phenoxy) is 2. The van der Waals surface area contributed by atoms with Gasteiger partial charge in [0.1, 0.15) is 29.2 Å². The van der Waals surface area contributed by atoms with E-state index in [-0.39, 0.29) is 18.0 Å². The van der Waals surface area contributed by atoms with Crippen molar-refractivity contribution in [3.63, 3.8) is 0 Å². The molecule has 1 aliphatic heterocycles.